The molecule has 21 heavy (non-hydrogen) atoms. The minimum absolute atomic E-state index is 0.583. The lowest BCUT2D eigenvalue weighted by Crippen LogP contribution is -2.31. The maximum absolute atomic E-state index is 6.24. The summed E-state index contributed by atoms with van der Waals surface area (Å²) in [5, 5.41) is 3.88. The van der Waals surface area contributed by atoms with Crippen LogP contribution >= 0.6 is 11.6 Å². The van der Waals surface area contributed by atoms with Crippen LogP contribution in [-0.2, 0) is 0 Å². The first-order valence-corrected chi connectivity index (χ1v) is 7.50. The van der Waals surface area contributed by atoms with E-state index in [0.29, 0.717) is 16.5 Å². The fraction of sp³-hybridized carbons (Fsp3) is 0.333. The lowest BCUT2D eigenvalue weighted by molar-refractivity contribution is 0.574. The van der Waals surface area contributed by atoms with Crippen LogP contribution < -0.4 is 16.0 Å². The SMILES string of the molecule is Nc1c(Nc2cccc(Cl)c2)ncnc1N1CCCCC1. The number of nitrogens with one attached hydrogen (secondary N) is 1. The molecule has 0 radical (unpaired) electrons. The standard InChI is InChI=1S/C15H18ClN5/c16-11-5-4-6-12(9-11)20-14-13(17)15(19-10-18-14)21-7-2-1-3-8-21/h4-6,9-10H,1-3,7-8,17H2,(H,18,19,20). The Morgan fingerprint density at radius 2 is 1.95 bits per heavy atom. The van der Waals surface area contributed by atoms with Gasteiger partial charge in [0.05, 0.1) is 0 Å². The van der Waals surface area contributed by atoms with Crippen LogP contribution in [0.25, 0.3) is 0 Å². The number of aromatic nitrogens is 2. The number of piperidine rings is 1. The number of halogens is 1. The second-order valence-corrected chi connectivity index (χ2v) is 5.58. The summed E-state index contributed by atoms with van der Waals surface area (Å²) >= 11 is 5.99. The highest BCUT2D eigenvalue weighted by atomic mass is 35.5. The van der Waals surface area contributed by atoms with Gasteiger partial charge in [-0.05, 0) is 37.5 Å². The van der Waals surface area contributed by atoms with E-state index >= 15 is 0 Å². The van der Waals surface area contributed by atoms with Crippen LogP contribution in [0.4, 0.5) is 23.0 Å². The zero-order valence-electron chi connectivity index (χ0n) is 11.7. The van der Waals surface area contributed by atoms with E-state index in [4.69, 9.17) is 17.3 Å². The normalized spacial score (nSPS) is 15.0. The van der Waals surface area contributed by atoms with E-state index in [9.17, 15) is 0 Å². The molecule has 110 valence electrons. The van der Waals surface area contributed by atoms with Crippen LogP contribution in [0.5, 0.6) is 0 Å². The number of nitrogen functional groups attached to an aromatic ring is 1. The van der Waals surface area contributed by atoms with E-state index in [0.717, 1.165) is 24.6 Å². The van der Waals surface area contributed by atoms with Gasteiger partial charge in [-0.1, -0.05) is 17.7 Å². The summed E-state index contributed by atoms with van der Waals surface area (Å²) in [6.45, 7) is 2.00. The molecule has 3 N–H and O–H groups in total. The number of nitrogens with zero attached hydrogens (tertiary/aromatic N) is 3. The summed E-state index contributed by atoms with van der Waals surface area (Å²) in [6.07, 6.45) is 5.18. The molecular weight excluding hydrogens is 286 g/mol. The van der Waals surface area contributed by atoms with Crippen molar-refractivity contribution >= 4 is 34.6 Å². The number of hydrogen-bond acceptors (Lipinski definition) is 5. The quantitative estimate of drug-likeness (QED) is 0.909. The molecule has 0 unspecified atom stereocenters. The molecule has 0 bridgehead atoms. The molecule has 0 atom stereocenters. The van der Waals surface area contributed by atoms with Gasteiger partial charge in [-0.15, -0.1) is 0 Å². The molecule has 6 heteroatoms. The van der Waals surface area contributed by atoms with Gasteiger partial charge in [0.2, 0.25) is 0 Å². The predicted molar refractivity (Wildman–Crippen MR) is 87.2 cm³/mol. The number of hydrogen-bond donors (Lipinski definition) is 2. The molecule has 0 amide bonds. The zero-order chi connectivity index (χ0) is 14.7. The van der Waals surface area contributed by atoms with Crippen molar-refractivity contribution in [3.05, 3.63) is 35.6 Å². The Morgan fingerprint density at radius 1 is 1.14 bits per heavy atom. The van der Waals surface area contributed by atoms with E-state index < -0.39 is 0 Å². The van der Waals surface area contributed by atoms with Gasteiger partial charge in [-0.2, -0.15) is 0 Å². The first kappa shape index (κ1) is 13.9. The molecule has 0 spiro atoms. The van der Waals surface area contributed by atoms with Crippen molar-refractivity contribution in [2.24, 2.45) is 0 Å². The van der Waals surface area contributed by atoms with E-state index in [1.807, 2.05) is 24.3 Å². The predicted octanol–water partition coefficient (Wildman–Crippen LogP) is 3.45. The van der Waals surface area contributed by atoms with Gasteiger partial charge in [0.25, 0.3) is 0 Å². The van der Waals surface area contributed by atoms with Crippen molar-refractivity contribution in [1.29, 1.82) is 0 Å². The summed E-state index contributed by atoms with van der Waals surface area (Å²) in [4.78, 5) is 10.8. The van der Waals surface area contributed by atoms with Crippen molar-refractivity contribution in [2.45, 2.75) is 19.3 Å². The third-order valence-electron chi connectivity index (χ3n) is 3.61. The highest BCUT2D eigenvalue weighted by Gasteiger charge is 2.17. The Kier molecular flexibility index (Phi) is 4.10. The Hall–Kier alpha value is -2.01. The molecule has 1 aromatic heterocycles. The first-order chi connectivity index (χ1) is 10.2. The Labute approximate surface area is 129 Å². The van der Waals surface area contributed by atoms with E-state index in [1.54, 1.807) is 6.33 Å². The van der Waals surface area contributed by atoms with Crippen LogP contribution in [0.3, 0.4) is 0 Å². The molecule has 1 aliphatic rings. The Morgan fingerprint density at radius 3 is 2.71 bits per heavy atom. The second kappa shape index (κ2) is 6.18. The fourth-order valence-electron chi connectivity index (χ4n) is 2.55. The van der Waals surface area contributed by atoms with Gasteiger partial charge < -0.3 is 16.0 Å². The van der Waals surface area contributed by atoms with Crippen molar-refractivity contribution in [2.75, 3.05) is 29.0 Å². The van der Waals surface area contributed by atoms with Crippen molar-refractivity contribution in [3.8, 4) is 0 Å². The maximum Gasteiger partial charge on any atom is 0.159 e. The topological polar surface area (TPSA) is 67.1 Å². The highest BCUT2D eigenvalue weighted by molar-refractivity contribution is 6.30. The van der Waals surface area contributed by atoms with Gasteiger partial charge in [0.1, 0.15) is 12.0 Å². The van der Waals surface area contributed by atoms with Gasteiger partial charge >= 0.3 is 0 Å². The van der Waals surface area contributed by atoms with Gasteiger partial charge in [-0.25, -0.2) is 9.97 Å². The molecular formula is C15H18ClN5. The van der Waals surface area contributed by atoms with Crippen LogP contribution in [0.2, 0.25) is 5.02 Å². The van der Waals surface area contributed by atoms with Crippen molar-refractivity contribution in [1.82, 2.24) is 9.97 Å². The summed E-state index contributed by atoms with van der Waals surface area (Å²) in [5.74, 6) is 1.43. The lowest BCUT2D eigenvalue weighted by atomic mass is 10.1. The average Bonchev–Trinajstić information content (AvgIpc) is 2.50. The molecule has 3 rings (SSSR count). The summed E-state index contributed by atoms with van der Waals surface area (Å²) in [6, 6.07) is 7.47. The molecule has 1 aliphatic heterocycles. The Balaban J connectivity index is 1.86. The number of benzene rings is 1. The van der Waals surface area contributed by atoms with Crippen molar-refractivity contribution in [3.63, 3.8) is 0 Å². The molecule has 0 saturated carbocycles. The maximum atomic E-state index is 6.24. The largest absolute Gasteiger partial charge is 0.393 e. The number of rotatable bonds is 3. The van der Waals surface area contributed by atoms with Crippen molar-refractivity contribution < 1.29 is 0 Å². The van der Waals surface area contributed by atoms with Crippen LogP contribution in [0.15, 0.2) is 30.6 Å². The number of anilines is 4. The third-order valence-corrected chi connectivity index (χ3v) is 3.84. The van der Waals surface area contributed by atoms with Crippen LogP contribution in [-0.4, -0.2) is 23.1 Å². The van der Waals surface area contributed by atoms with Crippen LogP contribution in [0.1, 0.15) is 19.3 Å². The molecule has 2 aromatic rings. The molecule has 2 heterocycles. The smallest absolute Gasteiger partial charge is 0.159 e. The molecule has 1 fully saturated rings. The Bertz CT molecular complexity index is 625. The zero-order valence-corrected chi connectivity index (χ0v) is 12.5. The summed E-state index contributed by atoms with van der Waals surface area (Å²) < 4.78 is 0. The lowest BCUT2D eigenvalue weighted by Gasteiger charge is -2.28. The van der Waals surface area contributed by atoms with Gasteiger partial charge in [0.15, 0.2) is 11.6 Å². The minimum Gasteiger partial charge on any atom is -0.393 e. The highest BCUT2D eigenvalue weighted by Crippen LogP contribution is 2.30. The molecule has 1 saturated heterocycles. The first-order valence-electron chi connectivity index (χ1n) is 7.12. The average molecular weight is 304 g/mol. The monoisotopic (exact) mass is 303 g/mol. The van der Waals surface area contributed by atoms with Gasteiger partial charge in [0, 0.05) is 23.8 Å². The van der Waals surface area contributed by atoms with E-state index in [1.165, 1.54) is 19.3 Å². The second-order valence-electron chi connectivity index (χ2n) is 5.14. The fourth-order valence-corrected chi connectivity index (χ4v) is 2.74. The van der Waals surface area contributed by atoms with E-state index in [2.05, 4.69) is 20.2 Å². The summed E-state index contributed by atoms with van der Waals surface area (Å²) in [5.41, 5.74) is 7.68. The molecule has 0 aliphatic carbocycles. The molecule has 1 aromatic carbocycles. The number of nitrogens with two attached hydrogens (primary N) is 1. The minimum atomic E-state index is 0.583. The van der Waals surface area contributed by atoms with Crippen LogP contribution in [0, 0.1) is 0 Å². The van der Waals surface area contributed by atoms with Gasteiger partial charge in [-0.3, -0.25) is 0 Å². The molecule has 5 nitrogen and oxygen atoms in total. The third kappa shape index (κ3) is 3.19. The summed E-state index contributed by atoms with van der Waals surface area (Å²) in [7, 11) is 0. The van der Waals surface area contributed by atoms with E-state index in [-0.39, 0.29) is 0 Å².